The lowest BCUT2D eigenvalue weighted by atomic mass is 9.94. The van der Waals surface area contributed by atoms with Crippen LogP contribution >= 0.6 is 23.2 Å². The highest BCUT2D eigenvalue weighted by Crippen LogP contribution is 2.29. The molecule has 3 N–H and O–H groups in total. The predicted molar refractivity (Wildman–Crippen MR) is 72.3 cm³/mol. The molecule has 0 atom stereocenters. The molecule has 18 heavy (non-hydrogen) atoms. The van der Waals surface area contributed by atoms with Gasteiger partial charge in [0, 0.05) is 17.6 Å². The topological polar surface area (TPSA) is 72.2 Å². The van der Waals surface area contributed by atoms with Crippen molar-refractivity contribution in [2.24, 2.45) is 5.73 Å². The van der Waals surface area contributed by atoms with Crippen LogP contribution in [0.25, 0.3) is 0 Å². The van der Waals surface area contributed by atoms with Gasteiger partial charge in [-0.05, 0) is 30.5 Å². The van der Waals surface area contributed by atoms with Gasteiger partial charge in [-0.2, -0.15) is 0 Å². The molecule has 1 saturated carbocycles. The highest BCUT2D eigenvalue weighted by molar-refractivity contribution is 7.89. The maximum Gasteiger partial charge on any atom is 0.242 e. The zero-order chi connectivity index (χ0) is 13.3. The zero-order valence-electron chi connectivity index (χ0n) is 9.62. The summed E-state index contributed by atoms with van der Waals surface area (Å²) in [6.45, 7) is 0.169. The third kappa shape index (κ3) is 2.81. The van der Waals surface area contributed by atoms with Gasteiger partial charge >= 0.3 is 0 Å². The Kier molecular flexibility index (Phi) is 4.18. The Hall–Kier alpha value is -0.330. The second kappa shape index (κ2) is 5.35. The lowest BCUT2D eigenvalue weighted by Crippen LogP contribution is -2.39. The highest BCUT2D eigenvalue weighted by atomic mass is 35.5. The van der Waals surface area contributed by atoms with Crippen LogP contribution in [0.4, 0.5) is 0 Å². The molecule has 0 amide bonds. The molecule has 0 unspecified atom stereocenters. The lowest BCUT2D eigenvalue weighted by Gasteiger charge is -2.26. The van der Waals surface area contributed by atoms with E-state index in [1.807, 2.05) is 0 Å². The molecule has 100 valence electrons. The average Bonchev–Trinajstić information content (AvgIpc) is 2.23. The number of nitrogens with one attached hydrogen (secondary N) is 1. The van der Waals surface area contributed by atoms with Crippen molar-refractivity contribution in [2.75, 3.05) is 0 Å². The maximum atomic E-state index is 12.2. The molecule has 0 aromatic heterocycles. The second-order valence-corrected chi connectivity index (χ2v) is 6.82. The summed E-state index contributed by atoms with van der Waals surface area (Å²) in [5.74, 6) is 0. The fraction of sp³-hybridized carbons (Fsp3) is 0.455. The molecule has 7 heteroatoms. The predicted octanol–water partition coefficient (Wildman–Crippen LogP) is 2.28. The van der Waals surface area contributed by atoms with E-state index in [2.05, 4.69) is 4.72 Å². The van der Waals surface area contributed by atoms with Crippen molar-refractivity contribution >= 4 is 33.2 Å². The Bertz CT molecular complexity index is 556. The molecule has 0 bridgehead atoms. The fourth-order valence-electron chi connectivity index (χ4n) is 1.74. The first-order chi connectivity index (χ1) is 8.44. The summed E-state index contributed by atoms with van der Waals surface area (Å²) < 4.78 is 26.9. The summed E-state index contributed by atoms with van der Waals surface area (Å²) >= 11 is 11.9. The van der Waals surface area contributed by atoms with E-state index in [-0.39, 0.29) is 22.5 Å². The van der Waals surface area contributed by atoms with E-state index in [0.717, 1.165) is 19.3 Å². The summed E-state index contributed by atoms with van der Waals surface area (Å²) in [6.07, 6.45) is 2.79. The Balaban J connectivity index is 2.36. The van der Waals surface area contributed by atoms with Crippen molar-refractivity contribution in [1.82, 2.24) is 4.72 Å². The summed E-state index contributed by atoms with van der Waals surface area (Å²) in [5.41, 5.74) is 6.07. The van der Waals surface area contributed by atoms with Crippen molar-refractivity contribution in [3.63, 3.8) is 0 Å². The van der Waals surface area contributed by atoms with Crippen LogP contribution < -0.4 is 10.5 Å². The van der Waals surface area contributed by atoms with Gasteiger partial charge in [0.2, 0.25) is 10.0 Å². The standard InChI is InChI=1S/C11H14Cl2N2O2S/c12-9-5-10(13)11(4-7(9)6-14)18(16,17)15-8-2-1-3-8/h4-5,8,15H,1-3,6,14H2. The van der Waals surface area contributed by atoms with Crippen LogP contribution in [-0.4, -0.2) is 14.5 Å². The van der Waals surface area contributed by atoms with E-state index >= 15 is 0 Å². The van der Waals surface area contributed by atoms with Crippen molar-refractivity contribution in [3.8, 4) is 0 Å². The summed E-state index contributed by atoms with van der Waals surface area (Å²) in [7, 11) is -3.60. The van der Waals surface area contributed by atoms with E-state index < -0.39 is 10.0 Å². The highest BCUT2D eigenvalue weighted by Gasteiger charge is 2.26. The largest absolute Gasteiger partial charge is 0.326 e. The minimum atomic E-state index is -3.60. The number of hydrogen-bond acceptors (Lipinski definition) is 3. The Morgan fingerprint density at radius 3 is 2.44 bits per heavy atom. The Morgan fingerprint density at radius 1 is 1.28 bits per heavy atom. The lowest BCUT2D eigenvalue weighted by molar-refractivity contribution is 0.383. The van der Waals surface area contributed by atoms with Gasteiger partial charge in [-0.1, -0.05) is 29.6 Å². The van der Waals surface area contributed by atoms with Crippen molar-refractivity contribution < 1.29 is 8.42 Å². The molecule has 1 fully saturated rings. The first-order valence-corrected chi connectivity index (χ1v) is 7.88. The molecule has 0 aliphatic heterocycles. The van der Waals surface area contributed by atoms with Gasteiger partial charge in [-0.3, -0.25) is 0 Å². The molecule has 0 heterocycles. The number of nitrogens with two attached hydrogens (primary N) is 1. The summed E-state index contributed by atoms with van der Waals surface area (Å²) in [5, 5.41) is 0.495. The number of rotatable bonds is 4. The second-order valence-electron chi connectivity index (χ2n) is 4.33. The van der Waals surface area contributed by atoms with E-state index in [9.17, 15) is 8.42 Å². The van der Waals surface area contributed by atoms with Gasteiger partial charge in [0.15, 0.2) is 0 Å². The quantitative estimate of drug-likeness (QED) is 0.896. The zero-order valence-corrected chi connectivity index (χ0v) is 11.9. The number of benzene rings is 1. The van der Waals surface area contributed by atoms with Gasteiger partial charge in [0.25, 0.3) is 0 Å². The van der Waals surface area contributed by atoms with E-state index in [4.69, 9.17) is 28.9 Å². The summed E-state index contributed by atoms with van der Waals surface area (Å²) in [6, 6.07) is 2.87. The molecule has 1 aromatic rings. The van der Waals surface area contributed by atoms with Gasteiger partial charge in [0.1, 0.15) is 4.90 Å². The van der Waals surface area contributed by atoms with Gasteiger partial charge < -0.3 is 5.73 Å². The first kappa shape index (κ1) is 14.1. The van der Waals surface area contributed by atoms with Crippen LogP contribution in [-0.2, 0) is 16.6 Å². The van der Waals surface area contributed by atoms with Crippen LogP contribution in [0.1, 0.15) is 24.8 Å². The van der Waals surface area contributed by atoms with Gasteiger partial charge in [0.05, 0.1) is 5.02 Å². The SMILES string of the molecule is NCc1cc(S(=O)(=O)NC2CCC2)c(Cl)cc1Cl. The number of sulfonamides is 1. The Labute approximate surface area is 117 Å². The van der Waals surface area contributed by atoms with Gasteiger partial charge in [-0.25, -0.2) is 13.1 Å². The molecule has 2 rings (SSSR count). The van der Waals surface area contributed by atoms with E-state index in [1.54, 1.807) is 0 Å². The maximum absolute atomic E-state index is 12.2. The molecule has 0 saturated heterocycles. The number of halogens is 2. The molecular weight excluding hydrogens is 295 g/mol. The van der Waals surface area contributed by atoms with Crippen LogP contribution in [0.3, 0.4) is 0 Å². The van der Waals surface area contributed by atoms with E-state index in [1.165, 1.54) is 12.1 Å². The van der Waals surface area contributed by atoms with Crippen LogP contribution in [0.2, 0.25) is 10.0 Å². The molecular formula is C11H14Cl2N2O2S. The third-order valence-electron chi connectivity index (χ3n) is 3.04. The third-order valence-corrected chi connectivity index (χ3v) is 5.37. The smallest absolute Gasteiger partial charge is 0.242 e. The van der Waals surface area contributed by atoms with Crippen LogP contribution in [0.15, 0.2) is 17.0 Å². The molecule has 1 aliphatic rings. The minimum Gasteiger partial charge on any atom is -0.326 e. The average molecular weight is 309 g/mol. The monoisotopic (exact) mass is 308 g/mol. The molecule has 4 nitrogen and oxygen atoms in total. The van der Waals surface area contributed by atoms with Crippen molar-refractivity contribution in [1.29, 1.82) is 0 Å². The van der Waals surface area contributed by atoms with Crippen LogP contribution in [0, 0.1) is 0 Å². The molecule has 1 aliphatic carbocycles. The Morgan fingerprint density at radius 2 is 1.94 bits per heavy atom. The summed E-state index contributed by atoms with van der Waals surface area (Å²) in [4.78, 5) is 0.0425. The molecule has 0 spiro atoms. The van der Waals surface area contributed by atoms with E-state index in [0.29, 0.717) is 10.6 Å². The minimum absolute atomic E-state index is 0.0167. The molecule has 1 aromatic carbocycles. The normalized spacial score (nSPS) is 16.6. The fourth-order valence-corrected chi connectivity index (χ4v) is 3.92. The molecule has 0 radical (unpaired) electrons. The van der Waals surface area contributed by atoms with Crippen LogP contribution in [0.5, 0.6) is 0 Å². The van der Waals surface area contributed by atoms with Crippen molar-refractivity contribution in [3.05, 3.63) is 27.7 Å². The van der Waals surface area contributed by atoms with Gasteiger partial charge in [-0.15, -0.1) is 0 Å². The number of hydrogen-bond donors (Lipinski definition) is 2. The van der Waals surface area contributed by atoms with Crippen molar-refractivity contribution in [2.45, 2.75) is 36.7 Å². The first-order valence-electron chi connectivity index (χ1n) is 5.64.